The van der Waals surface area contributed by atoms with Crippen LogP contribution in [0.15, 0.2) is 0 Å². The molecule has 92 valence electrons. The summed E-state index contributed by atoms with van der Waals surface area (Å²) in [5.74, 6) is 0. The molecule has 0 aliphatic carbocycles. The van der Waals surface area contributed by atoms with Gasteiger partial charge in [0.25, 0.3) is 0 Å². The van der Waals surface area contributed by atoms with E-state index in [1.54, 1.807) is 0 Å². The fraction of sp³-hybridized carbons (Fsp3) is 1.00. The van der Waals surface area contributed by atoms with Crippen molar-refractivity contribution in [2.45, 2.75) is 0 Å². The highest BCUT2D eigenvalue weighted by Crippen LogP contribution is 2.20. The van der Waals surface area contributed by atoms with E-state index in [1.165, 1.54) is 0 Å². The van der Waals surface area contributed by atoms with Gasteiger partial charge < -0.3 is 0 Å². The van der Waals surface area contributed by atoms with E-state index in [-0.39, 0.29) is 0 Å². The number of hydrogen-bond donors (Lipinski definition) is 3. The second-order valence-corrected chi connectivity index (χ2v) is 4.36. The van der Waals surface area contributed by atoms with E-state index < -0.39 is 45.0 Å². The second-order valence-electron chi connectivity index (χ2n) is 2.16. The molecule has 0 aliphatic heterocycles. The molecule has 0 aliphatic rings. The molecule has 3 N–H and O–H groups in total. The van der Waals surface area contributed by atoms with Crippen molar-refractivity contribution in [1.29, 1.82) is 0 Å². The first-order valence-corrected chi connectivity index (χ1v) is 6.90. The molecule has 0 aromatic carbocycles. The summed E-state index contributed by atoms with van der Waals surface area (Å²) in [6, 6.07) is 0. The van der Waals surface area contributed by atoms with Gasteiger partial charge in [-0.2, -0.15) is 0 Å². The Labute approximate surface area is 92.6 Å². The molecule has 0 fully saturated rings. The van der Waals surface area contributed by atoms with E-state index in [9.17, 15) is 13.7 Å². The zero-order chi connectivity index (χ0) is 12.6. The van der Waals surface area contributed by atoms with Crippen LogP contribution in [0.5, 0.6) is 0 Å². The minimum absolute atomic E-state index is 0.474. The lowest BCUT2D eigenvalue weighted by Gasteiger charge is -2.10. The first-order valence-electron chi connectivity index (χ1n) is 3.51. The third kappa shape index (κ3) is 10.5. The summed E-state index contributed by atoms with van der Waals surface area (Å²) in [7, 11) is -8.58. The van der Waals surface area contributed by atoms with Gasteiger partial charge in [-0.1, -0.05) is 0 Å². The molecule has 3 atom stereocenters. The Hall–Kier alpha value is 0.0200. The molecule has 0 saturated heterocycles. The summed E-state index contributed by atoms with van der Waals surface area (Å²) in [5.41, 5.74) is 0. The summed E-state index contributed by atoms with van der Waals surface area (Å²) in [4.78, 5) is 25.9. The predicted octanol–water partition coefficient (Wildman–Crippen LogP) is 0.160. The third-order valence-corrected chi connectivity index (χ3v) is 2.06. The molecule has 0 radical (unpaired) electrons. The van der Waals surface area contributed by atoms with Crippen LogP contribution in [0.1, 0.15) is 0 Å². The highest BCUT2D eigenvalue weighted by molar-refractivity contribution is 7.32. The Bertz CT molecular complexity index is 228. The zero-order valence-electron chi connectivity index (χ0n) is 7.70. The number of nitrogens with zero attached hydrogens (tertiary/aromatic N) is 1. The number of rotatable bonds is 9. The third-order valence-electron chi connectivity index (χ3n) is 1.05. The highest BCUT2D eigenvalue weighted by Gasteiger charge is 2.24. The Balaban J connectivity index is 3.98. The molecule has 0 heterocycles. The Morgan fingerprint density at radius 3 is 1.19 bits per heavy atom. The van der Waals surface area contributed by atoms with Crippen molar-refractivity contribution in [3.05, 3.63) is 0 Å². The van der Waals surface area contributed by atoms with Gasteiger partial charge in [0.1, 0.15) is 0 Å². The van der Waals surface area contributed by atoms with E-state index in [4.69, 9.17) is 14.7 Å². The summed E-state index contributed by atoms with van der Waals surface area (Å²) < 4.78 is 43.3. The summed E-state index contributed by atoms with van der Waals surface area (Å²) in [5, 5.41) is 0. The van der Waals surface area contributed by atoms with E-state index in [1.807, 2.05) is 0 Å². The van der Waals surface area contributed by atoms with Crippen molar-refractivity contribution in [2.75, 3.05) is 20.2 Å². The van der Waals surface area contributed by atoms with Gasteiger partial charge in [-0.3, -0.25) is 0 Å². The molecule has 0 aromatic rings. The van der Waals surface area contributed by atoms with E-state index in [2.05, 4.69) is 13.6 Å². The van der Waals surface area contributed by atoms with Gasteiger partial charge in [-0.25, -0.2) is 4.90 Å². The topological polar surface area (TPSA) is 143 Å². The quantitative estimate of drug-likeness (QED) is 0.397. The average molecular weight is 296 g/mol. The van der Waals surface area contributed by atoms with Crippen LogP contribution < -0.4 is 0 Å². The Morgan fingerprint density at radius 2 is 1.00 bits per heavy atom. The van der Waals surface area contributed by atoms with Crippen molar-refractivity contribution in [2.24, 2.45) is 0 Å². The molecular formula is C3H9NO9P3+3. The van der Waals surface area contributed by atoms with E-state index in [0.717, 1.165) is 4.90 Å². The predicted molar refractivity (Wildman–Crippen MR) is 49.2 cm³/mol. The molecule has 0 bridgehead atoms. The standard InChI is InChI=1S/C3H6NO9P3/c5-14(6)11-1-4(2-12-15(7)8)3-13-16(9)10/h1-3H2/p+3. The van der Waals surface area contributed by atoms with Gasteiger partial charge in [0, 0.05) is 13.7 Å². The van der Waals surface area contributed by atoms with Crippen molar-refractivity contribution < 1.29 is 41.9 Å². The molecule has 13 heteroatoms. The van der Waals surface area contributed by atoms with Crippen molar-refractivity contribution in [1.82, 2.24) is 4.90 Å². The van der Waals surface area contributed by atoms with Crippen LogP contribution in [-0.4, -0.2) is 39.8 Å². The van der Waals surface area contributed by atoms with Crippen LogP contribution in [0.4, 0.5) is 0 Å². The van der Waals surface area contributed by atoms with Crippen LogP contribution in [0, 0.1) is 0 Å². The van der Waals surface area contributed by atoms with Gasteiger partial charge in [0.05, 0.1) is 0 Å². The van der Waals surface area contributed by atoms with Crippen molar-refractivity contribution in [3.63, 3.8) is 0 Å². The summed E-state index contributed by atoms with van der Waals surface area (Å²) >= 11 is 0. The molecule has 0 amide bonds. The number of hydrogen-bond acceptors (Lipinski definition) is 7. The Kier molecular flexibility index (Phi) is 9.10. The highest BCUT2D eigenvalue weighted by atomic mass is 31.1. The smallest absolute Gasteiger partial charge is 0.221 e. The van der Waals surface area contributed by atoms with E-state index in [0.29, 0.717) is 0 Å². The van der Waals surface area contributed by atoms with Crippen LogP contribution in [-0.2, 0) is 27.3 Å². The fourth-order valence-electron chi connectivity index (χ4n) is 0.505. The van der Waals surface area contributed by atoms with Crippen LogP contribution in [0.2, 0.25) is 0 Å². The average Bonchev–Trinajstić information content (AvgIpc) is 2.15. The summed E-state index contributed by atoms with van der Waals surface area (Å²) in [6.45, 7) is -1.42. The molecule has 0 rings (SSSR count). The lowest BCUT2D eigenvalue weighted by atomic mass is 10.9. The molecule has 0 saturated carbocycles. The molecule has 3 unspecified atom stereocenters. The Morgan fingerprint density at radius 1 is 0.750 bits per heavy atom. The molecule has 0 aromatic heterocycles. The fourth-order valence-corrected chi connectivity index (χ4v) is 1.29. The zero-order valence-corrected chi connectivity index (χ0v) is 10.4. The van der Waals surface area contributed by atoms with Crippen LogP contribution in [0.3, 0.4) is 0 Å². The monoisotopic (exact) mass is 296 g/mol. The van der Waals surface area contributed by atoms with Gasteiger partial charge in [0.15, 0.2) is 20.2 Å². The SMILES string of the molecule is O=[P+](O)OCN(CO[P+](=O)O)CO[P+](=O)O. The summed E-state index contributed by atoms with van der Waals surface area (Å²) in [6.07, 6.45) is 0. The second kappa shape index (κ2) is 9.09. The molecular weight excluding hydrogens is 287 g/mol. The van der Waals surface area contributed by atoms with Crippen LogP contribution in [0.25, 0.3) is 0 Å². The minimum Gasteiger partial charge on any atom is -0.221 e. The maximum atomic E-state index is 10.2. The maximum Gasteiger partial charge on any atom is 0.696 e. The van der Waals surface area contributed by atoms with Gasteiger partial charge in [-0.05, 0) is 0 Å². The first kappa shape index (κ1) is 16.0. The molecule has 10 nitrogen and oxygen atoms in total. The normalized spacial score (nSPS) is 13.9. The van der Waals surface area contributed by atoms with Gasteiger partial charge in [0.2, 0.25) is 0 Å². The maximum absolute atomic E-state index is 10.2. The van der Waals surface area contributed by atoms with Crippen LogP contribution >= 0.6 is 24.8 Å². The van der Waals surface area contributed by atoms with E-state index >= 15 is 0 Å². The van der Waals surface area contributed by atoms with Crippen molar-refractivity contribution in [3.8, 4) is 0 Å². The lowest BCUT2D eigenvalue weighted by Crippen LogP contribution is -2.28. The molecule has 16 heavy (non-hydrogen) atoms. The van der Waals surface area contributed by atoms with Crippen molar-refractivity contribution >= 4 is 24.8 Å². The largest absolute Gasteiger partial charge is 0.696 e. The minimum atomic E-state index is -2.86. The van der Waals surface area contributed by atoms with Gasteiger partial charge >= 0.3 is 24.8 Å². The lowest BCUT2D eigenvalue weighted by molar-refractivity contribution is -0.00114. The molecule has 0 spiro atoms. The van der Waals surface area contributed by atoms with Gasteiger partial charge in [-0.15, -0.1) is 28.3 Å². The first-order chi connectivity index (χ1) is 7.41.